The molecule has 0 atom stereocenters. The van der Waals surface area contributed by atoms with Crippen LogP contribution in [0.2, 0.25) is 0 Å². The van der Waals surface area contributed by atoms with Gasteiger partial charge in [-0.2, -0.15) is 0 Å². The summed E-state index contributed by atoms with van der Waals surface area (Å²) in [6.45, 7) is 0.777. The Balaban J connectivity index is 1.57. The zero-order valence-electron chi connectivity index (χ0n) is 12.3. The number of para-hydroxylation sites is 2. The van der Waals surface area contributed by atoms with Gasteiger partial charge in [0.25, 0.3) is 0 Å². The molecule has 0 aliphatic rings. The number of nitrogens with zero attached hydrogens (tertiary/aromatic N) is 1. The van der Waals surface area contributed by atoms with Gasteiger partial charge < -0.3 is 9.72 Å². The minimum absolute atomic E-state index is 0.143. The first-order valence-electron chi connectivity index (χ1n) is 7.25. The first-order valence-corrected chi connectivity index (χ1v) is 8.33. The Bertz CT molecular complexity index is 881. The van der Waals surface area contributed by atoms with Crippen molar-refractivity contribution in [2.75, 3.05) is 6.61 Å². The number of carbonyl (C=O) groups is 1. The van der Waals surface area contributed by atoms with Gasteiger partial charge in [-0.05, 0) is 65.4 Å². The Kier molecular flexibility index (Phi) is 4.80. The van der Waals surface area contributed by atoms with E-state index >= 15 is 0 Å². The second-order valence-corrected chi connectivity index (χ2v) is 6.34. The largest absolute Gasteiger partial charge is 0.462 e. The first-order chi connectivity index (χ1) is 11.1. The van der Waals surface area contributed by atoms with Crippen LogP contribution in [0, 0.1) is 3.57 Å². The predicted octanol–water partition coefficient (Wildman–Crippen LogP) is 3.18. The molecule has 0 bridgehead atoms. The zero-order valence-corrected chi connectivity index (χ0v) is 14.4. The number of benzene rings is 2. The maximum absolute atomic E-state index is 11.9. The SMILES string of the molecule is O=C(OCCCn1c(=O)[nH]c2ccccc21)c1ccc(I)cc1. The van der Waals surface area contributed by atoms with E-state index in [0.717, 1.165) is 14.6 Å². The van der Waals surface area contributed by atoms with Crippen molar-refractivity contribution in [3.8, 4) is 0 Å². The average molecular weight is 422 g/mol. The third kappa shape index (κ3) is 3.64. The molecule has 3 rings (SSSR count). The summed E-state index contributed by atoms with van der Waals surface area (Å²) in [7, 11) is 0. The summed E-state index contributed by atoms with van der Waals surface area (Å²) in [4.78, 5) is 26.6. The third-order valence-corrected chi connectivity index (χ3v) is 4.24. The highest BCUT2D eigenvalue weighted by Gasteiger charge is 2.08. The lowest BCUT2D eigenvalue weighted by Gasteiger charge is -2.06. The van der Waals surface area contributed by atoms with E-state index < -0.39 is 0 Å². The van der Waals surface area contributed by atoms with Crippen LogP contribution in [-0.2, 0) is 11.3 Å². The summed E-state index contributed by atoms with van der Waals surface area (Å²) < 4.78 is 7.98. The monoisotopic (exact) mass is 422 g/mol. The number of aromatic nitrogens is 2. The Morgan fingerprint density at radius 3 is 2.65 bits per heavy atom. The van der Waals surface area contributed by atoms with Crippen molar-refractivity contribution in [3.05, 3.63) is 68.1 Å². The highest BCUT2D eigenvalue weighted by atomic mass is 127. The van der Waals surface area contributed by atoms with Crippen LogP contribution >= 0.6 is 22.6 Å². The molecular weight excluding hydrogens is 407 g/mol. The molecule has 3 aromatic rings. The second-order valence-electron chi connectivity index (χ2n) is 5.10. The predicted molar refractivity (Wildman–Crippen MR) is 96.6 cm³/mol. The molecule has 0 saturated carbocycles. The Labute approximate surface area is 146 Å². The summed E-state index contributed by atoms with van der Waals surface area (Å²) in [6.07, 6.45) is 0.581. The lowest BCUT2D eigenvalue weighted by Crippen LogP contribution is -2.18. The highest BCUT2D eigenvalue weighted by molar-refractivity contribution is 14.1. The number of H-pyrrole nitrogens is 1. The Hall–Kier alpha value is -2.09. The van der Waals surface area contributed by atoms with Crippen molar-refractivity contribution in [2.24, 2.45) is 0 Å². The standard InChI is InChI=1S/C17H15IN2O3/c18-13-8-6-12(7-9-13)16(21)23-11-3-10-20-15-5-2-1-4-14(15)19-17(20)22/h1-2,4-9H,3,10-11H2,(H,19,22). The molecule has 0 amide bonds. The molecule has 0 fully saturated rings. The second kappa shape index (κ2) is 6.99. The molecule has 1 heterocycles. The molecule has 0 aliphatic carbocycles. The number of imidazole rings is 1. The fourth-order valence-electron chi connectivity index (χ4n) is 2.39. The summed E-state index contributed by atoms with van der Waals surface area (Å²) in [5, 5.41) is 0. The van der Waals surface area contributed by atoms with E-state index in [1.807, 2.05) is 36.4 Å². The number of esters is 1. The lowest BCUT2D eigenvalue weighted by molar-refractivity contribution is 0.0496. The summed E-state index contributed by atoms with van der Waals surface area (Å²) in [6, 6.07) is 14.7. The highest BCUT2D eigenvalue weighted by Crippen LogP contribution is 2.10. The van der Waals surface area contributed by atoms with Gasteiger partial charge in [-0.15, -0.1) is 0 Å². The van der Waals surface area contributed by atoms with E-state index in [4.69, 9.17) is 4.74 Å². The van der Waals surface area contributed by atoms with Gasteiger partial charge in [-0.25, -0.2) is 9.59 Å². The molecule has 5 nitrogen and oxygen atoms in total. The quantitative estimate of drug-likeness (QED) is 0.390. The van der Waals surface area contributed by atoms with Crippen LogP contribution in [0.4, 0.5) is 0 Å². The number of ether oxygens (including phenoxy) is 1. The van der Waals surface area contributed by atoms with Crippen molar-refractivity contribution in [1.29, 1.82) is 0 Å². The van der Waals surface area contributed by atoms with Gasteiger partial charge in [-0.1, -0.05) is 12.1 Å². The number of hydrogen-bond acceptors (Lipinski definition) is 3. The molecule has 0 saturated heterocycles. The molecule has 6 heteroatoms. The van der Waals surface area contributed by atoms with Gasteiger partial charge in [0.05, 0.1) is 23.2 Å². The summed E-state index contributed by atoms with van der Waals surface area (Å²) >= 11 is 2.18. The maximum atomic E-state index is 11.9. The lowest BCUT2D eigenvalue weighted by atomic mass is 10.2. The zero-order chi connectivity index (χ0) is 16.2. The van der Waals surface area contributed by atoms with Crippen LogP contribution in [0.25, 0.3) is 11.0 Å². The van der Waals surface area contributed by atoms with Crippen molar-refractivity contribution in [1.82, 2.24) is 9.55 Å². The van der Waals surface area contributed by atoms with Gasteiger partial charge in [0.1, 0.15) is 0 Å². The minimum atomic E-state index is -0.340. The van der Waals surface area contributed by atoms with Crippen molar-refractivity contribution in [3.63, 3.8) is 0 Å². The molecular formula is C17H15IN2O3. The van der Waals surface area contributed by atoms with E-state index in [9.17, 15) is 9.59 Å². The van der Waals surface area contributed by atoms with E-state index in [1.54, 1.807) is 16.7 Å². The summed E-state index contributed by atoms with van der Waals surface area (Å²) in [5.41, 5.74) is 2.07. The summed E-state index contributed by atoms with van der Waals surface area (Å²) in [5.74, 6) is -0.340. The van der Waals surface area contributed by atoms with Crippen LogP contribution in [0.1, 0.15) is 16.8 Å². The molecule has 0 aliphatic heterocycles. The van der Waals surface area contributed by atoms with Crippen LogP contribution in [0.15, 0.2) is 53.3 Å². The molecule has 118 valence electrons. The number of hydrogen-bond donors (Lipinski definition) is 1. The Morgan fingerprint density at radius 2 is 1.87 bits per heavy atom. The molecule has 1 N–H and O–H groups in total. The Morgan fingerprint density at radius 1 is 1.13 bits per heavy atom. The van der Waals surface area contributed by atoms with E-state index in [2.05, 4.69) is 27.6 Å². The molecule has 0 radical (unpaired) electrons. The van der Waals surface area contributed by atoms with Crippen LogP contribution in [0.5, 0.6) is 0 Å². The smallest absolute Gasteiger partial charge is 0.338 e. The molecule has 23 heavy (non-hydrogen) atoms. The average Bonchev–Trinajstić information content (AvgIpc) is 2.87. The molecule has 0 unspecified atom stereocenters. The van der Waals surface area contributed by atoms with Crippen LogP contribution in [-0.4, -0.2) is 22.1 Å². The maximum Gasteiger partial charge on any atom is 0.338 e. The van der Waals surface area contributed by atoms with Crippen LogP contribution < -0.4 is 5.69 Å². The van der Waals surface area contributed by atoms with Crippen molar-refractivity contribution < 1.29 is 9.53 Å². The van der Waals surface area contributed by atoms with Crippen LogP contribution in [0.3, 0.4) is 0 Å². The molecule has 2 aromatic carbocycles. The number of nitrogens with one attached hydrogen (secondary N) is 1. The number of halogens is 1. The third-order valence-electron chi connectivity index (χ3n) is 3.52. The fourth-order valence-corrected chi connectivity index (χ4v) is 2.75. The van der Waals surface area contributed by atoms with E-state index in [0.29, 0.717) is 18.5 Å². The topological polar surface area (TPSA) is 64.1 Å². The number of aromatic amines is 1. The molecule has 1 aromatic heterocycles. The van der Waals surface area contributed by atoms with E-state index in [-0.39, 0.29) is 18.3 Å². The van der Waals surface area contributed by atoms with Gasteiger partial charge in [0.2, 0.25) is 0 Å². The van der Waals surface area contributed by atoms with Crippen molar-refractivity contribution >= 4 is 39.6 Å². The van der Waals surface area contributed by atoms with Gasteiger partial charge >= 0.3 is 11.7 Å². The number of fused-ring (bicyclic) bond motifs is 1. The van der Waals surface area contributed by atoms with Gasteiger partial charge in [0.15, 0.2) is 0 Å². The van der Waals surface area contributed by atoms with E-state index in [1.165, 1.54) is 0 Å². The van der Waals surface area contributed by atoms with Gasteiger partial charge in [-0.3, -0.25) is 4.57 Å². The fraction of sp³-hybridized carbons (Fsp3) is 0.176. The first kappa shape index (κ1) is 15.8. The normalized spacial score (nSPS) is 10.8. The number of rotatable bonds is 5. The minimum Gasteiger partial charge on any atom is -0.462 e. The molecule has 0 spiro atoms. The number of aryl methyl sites for hydroxylation is 1. The van der Waals surface area contributed by atoms with Gasteiger partial charge in [0, 0.05) is 10.1 Å². The number of carbonyl (C=O) groups excluding carboxylic acids is 1. The van der Waals surface area contributed by atoms with Crippen molar-refractivity contribution in [2.45, 2.75) is 13.0 Å².